The number of alkyl carbamates (subject to hydrolysis) is 2. The molecule has 6 atom stereocenters. The van der Waals surface area contributed by atoms with Gasteiger partial charge in [-0.2, -0.15) is 0 Å². The lowest BCUT2D eigenvalue weighted by molar-refractivity contribution is -0.138. The number of likely N-dealkylation sites (N-methyl/N-ethyl adjacent to an activating group) is 1. The summed E-state index contributed by atoms with van der Waals surface area (Å²) in [6, 6.07) is 17.4. The summed E-state index contributed by atoms with van der Waals surface area (Å²) in [6.07, 6.45) is 2.81. The average molecular weight is 986 g/mol. The van der Waals surface area contributed by atoms with Gasteiger partial charge in [-0.1, -0.05) is 45.9 Å². The molecule has 363 valence electrons. The third-order valence-corrected chi connectivity index (χ3v) is 14.9. The molecule has 3 radical (unpaired) electrons. The number of hydrogen-bond donors (Lipinski definition) is 4. The maximum absolute atomic E-state index is 16.9. The number of imidazole rings is 2. The van der Waals surface area contributed by atoms with Crippen LogP contribution in [0.15, 0.2) is 73.1 Å². The molecular formula is C50H54FN10O7SSi. The zero-order valence-electron chi connectivity index (χ0n) is 40.0. The Morgan fingerprint density at radius 2 is 1.64 bits per heavy atom. The predicted molar refractivity (Wildman–Crippen MR) is 263 cm³/mol. The molecule has 9 rings (SSSR count). The van der Waals surface area contributed by atoms with Crippen LogP contribution in [0.2, 0.25) is 0 Å². The number of likely N-dealkylation sites (tertiary alicyclic amines) is 1. The number of carbonyl (C=O) groups excluding carboxylic acids is 4. The van der Waals surface area contributed by atoms with Crippen LogP contribution in [0.1, 0.15) is 82.4 Å². The van der Waals surface area contributed by atoms with Gasteiger partial charge in [0.2, 0.25) is 18.0 Å². The lowest BCUT2D eigenvalue weighted by atomic mass is 9.93. The SMILES string of the molecule is COC(=O)NC([Si])C(C(=O)N1CCCC1c1ncc(-c2ccc3c(c2)cc2n3C(c3nc4ccccc4s3)Oc3cc(-c4cnc(C(C)N(C)C(=O)C(NC(=O)OC)C(C)C)[nH]4)cc(F)c3-2)[nH]1)C(C)C. The van der Waals surface area contributed by atoms with Gasteiger partial charge in [-0.3, -0.25) is 14.2 Å². The molecule has 1 saturated heterocycles. The number of halogens is 1. The number of methoxy groups -OCH3 is 2. The quantitative estimate of drug-likeness (QED) is 0.0813. The molecule has 2 aliphatic heterocycles. The van der Waals surface area contributed by atoms with E-state index in [0.29, 0.717) is 45.9 Å². The van der Waals surface area contributed by atoms with Crippen LogP contribution < -0.4 is 15.4 Å². The van der Waals surface area contributed by atoms with Crippen molar-refractivity contribution in [3.05, 3.63) is 95.5 Å². The average Bonchev–Trinajstić information content (AvgIpc) is 4.20. The summed E-state index contributed by atoms with van der Waals surface area (Å²) in [5.41, 5.74) is 4.49. The van der Waals surface area contributed by atoms with E-state index in [0.717, 1.165) is 45.2 Å². The molecule has 0 aliphatic carbocycles. The molecule has 3 aromatic carbocycles. The summed E-state index contributed by atoms with van der Waals surface area (Å²) >= 11 is 1.51. The highest BCUT2D eigenvalue weighted by molar-refractivity contribution is 7.18. The molecule has 4 aromatic heterocycles. The monoisotopic (exact) mass is 985 g/mol. The number of benzene rings is 3. The van der Waals surface area contributed by atoms with Crippen LogP contribution in [0.5, 0.6) is 5.75 Å². The minimum absolute atomic E-state index is 0.0861. The second kappa shape index (κ2) is 19.4. The van der Waals surface area contributed by atoms with Gasteiger partial charge < -0.3 is 44.6 Å². The summed E-state index contributed by atoms with van der Waals surface area (Å²) in [6.45, 7) is 9.93. The molecule has 4 N–H and O–H groups in total. The first kappa shape index (κ1) is 48.0. The van der Waals surface area contributed by atoms with Crippen LogP contribution in [0, 0.1) is 23.6 Å². The summed E-state index contributed by atoms with van der Waals surface area (Å²) in [4.78, 5) is 76.3. The molecule has 70 heavy (non-hydrogen) atoms. The van der Waals surface area contributed by atoms with Gasteiger partial charge in [0.05, 0.1) is 93.2 Å². The van der Waals surface area contributed by atoms with E-state index in [1.165, 1.54) is 36.5 Å². The first-order valence-corrected chi connectivity index (χ1v) is 24.5. The van der Waals surface area contributed by atoms with Crippen molar-refractivity contribution in [3.8, 4) is 39.5 Å². The number of fused-ring (bicyclic) bond motifs is 6. The Labute approximate surface area is 410 Å². The van der Waals surface area contributed by atoms with E-state index in [1.54, 1.807) is 25.5 Å². The third-order valence-electron chi connectivity index (χ3n) is 13.3. The molecule has 0 saturated carbocycles. The van der Waals surface area contributed by atoms with Gasteiger partial charge in [0.25, 0.3) is 0 Å². The van der Waals surface area contributed by atoms with Crippen LogP contribution in [0.4, 0.5) is 14.0 Å². The van der Waals surface area contributed by atoms with Crippen molar-refractivity contribution < 1.29 is 37.8 Å². The van der Waals surface area contributed by atoms with Crippen molar-refractivity contribution in [1.82, 2.24) is 49.9 Å². The van der Waals surface area contributed by atoms with E-state index in [1.807, 2.05) is 92.6 Å². The topological polar surface area (TPSA) is 202 Å². The number of para-hydroxylation sites is 1. The molecular weight excluding hydrogens is 932 g/mol. The van der Waals surface area contributed by atoms with Gasteiger partial charge in [0, 0.05) is 35.8 Å². The molecule has 17 nitrogen and oxygen atoms in total. The van der Waals surface area contributed by atoms with Crippen molar-refractivity contribution in [2.24, 2.45) is 17.8 Å². The van der Waals surface area contributed by atoms with E-state index in [2.05, 4.69) is 35.8 Å². The van der Waals surface area contributed by atoms with Crippen molar-refractivity contribution in [3.63, 3.8) is 0 Å². The van der Waals surface area contributed by atoms with E-state index in [9.17, 15) is 19.2 Å². The fourth-order valence-electron chi connectivity index (χ4n) is 9.49. The molecule has 0 bridgehead atoms. The van der Waals surface area contributed by atoms with Gasteiger partial charge >= 0.3 is 12.2 Å². The Bertz CT molecular complexity index is 3100. The smallest absolute Gasteiger partial charge is 0.407 e. The van der Waals surface area contributed by atoms with Crippen molar-refractivity contribution in [2.75, 3.05) is 27.8 Å². The standard InChI is InChI=1S/C50H54FN10O7SSi/c1-24(2)39(45(70)58-50(65)67-8)46(62)60-17-11-13-35(60)43-53-22-32(55-43)27-15-16-34-29(18-27)20-36-40-30(51)19-28(21-37(40)68-48(61(34)36)44-56-31-12-9-10-14-38(31)69-44)33-23-52-42(54-33)26(5)59(6)47(63)41(25(3)4)57-49(64)66-7/h9-10,12,14-16,18-26,35,39,41,45,48H,11,13,17H2,1-8H3,(H,52,54)(H,53,55)(H,57,64)(H,58,65). The fourth-order valence-corrected chi connectivity index (χ4v) is 11.1. The third kappa shape index (κ3) is 8.89. The summed E-state index contributed by atoms with van der Waals surface area (Å²) in [7, 11) is 7.75. The molecule has 4 amide bonds. The van der Waals surface area contributed by atoms with Gasteiger partial charge in [-0.25, -0.2) is 28.9 Å². The van der Waals surface area contributed by atoms with Gasteiger partial charge in [-0.15, -0.1) is 11.3 Å². The number of aromatic amines is 2. The molecule has 6 heterocycles. The summed E-state index contributed by atoms with van der Waals surface area (Å²) in [5.74, 6) is -0.328. The van der Waals surface area contributed by atoms with E-state index >= 15 is 4.39 Å². The molecule has 20 heteroatoms. The van der Waals surface area contributed by atoms with Crippen LogP contribution in [-0.2, 0) is 19.1 Å². The second-order valence-electron chi connectivity index (χ2n) is 18.4. The van der Waals surface area contributed by atoms with E-state index in [-0.39, 0.29) is 35.3 Å². The Morgan fingerprint density at radius 1 is 0.914 bits per heavy atom. The first-order valence-electron chi connectivity index (χ1n) is 23.2. The molecule has 7 aromatic rings. The van der Waals surface area contributed by atoms with Crippen molar-refractivity contribution >= 4 is 66.7 Å². The molecule has 2 aliphatic rings. The Hall–Kier alpha value is -7.06. The summed E-state index contributed by atoms with van der Waals surface area (Å²) < 4.78 is 36.2. The normalized spacial score (nSPS) is 17.2. The maximum atomic E-state index is 16.9. The second-order valence-corrected chi connectivity index (χ2v) is 20.1. The largest absolute Gasteiger partial charge is 0.462 e. The predicted octanol–water partition coefficient (Wildman–Crippen LogP) is 8.46. The number of rotatable bonds is 13. The van der Waals surface area contributed by atoms with Gasteiger partial charge in [0.15, 0.2) is 5.01 Å². The van der Waals surface area contributed by atoms with Crippen molar-refractivity contribution in [1.29, 1.82) is 0 Å². The number of hydrogen-bond acceptors (Lipinski definition) is 11. The number of carbonyl (C=O) groups is 4. The molecule has 1 fully saturated rings. The summed E-state index contributed by atoms with van der Waals surface area (Å²) in [5, 5.41) is 6.85. The first-order chi connectivity index (χ1) is 33.6. The minimum atomic E-state index is -0.826. The minimum Gasteiger partial charge on any atom is -0.462 e. The van der Waals surface area contributed by atoms with Crippen LogP contribution in [-0.4, -0.2) is 113 Å². The Morgan fingerprint density at radius 3 is 2.37 bits per heavy atom. The number of ether oxygens (including phenoxy) is 3. The number of amides is 4. The number of nitrogens with zero attached hydrogens (tertiary/aromatic N) is 6. The number of aromatic nitrogens is 6. The van der Waals surface area contributed by atoms with Crippen molar-refractivity contribution in [2.45, 2.75) is 77.5 Å². The van der Waals surface area contributed by atoms with E-state index < -0.39 is 47.9 Å². The van der Waals surface area contributed by atoms with Gasteiger partial charge in [0.1, 0.15) is 29.3 Å². The zero-order valence-corrected chi connectivity index (χ0v) is 41.8. The number of H-pyrrole nitrogens is 2. The zero-order chi connectivity index (χ0) is 49.7. The highest BCUT2D eigenvalue weighted by Gasteiger charge is 2.40. The van der Waals surface area contributed by atoms with Gasteiger partial charge in [-0.05, 0) is 74.1 Å². The van der Waals surface area contributed by atoms with Crippen LogP contribution in [0.3, 0.4) is 0 Å². The highest BCUT2D eigenvalue weighted by Crippen LogP contribution is 2.48. The fraction of sp³-hybridized carbons (Fsp3) is 0.380. The Kier molecular flexibility index (Phi) is 13.3. The molecule has 6 unspecified atom stereocenters. The van der Waals surface area contributed by atoms with Crippen LogP contribution in [0.25, 0.3) is 54.9 Å². The highest BCUT2D eigenvalue weighted by atomic mass is 32.1. The lowest BCUT2D eigenvalue weighted by Crippen LogP contribution is -2.50. The number of thiazole rings is 1. The van der Waals surface area contributed by atoms with Crippen LogP contribution >= 0.6 is 11.3 Å². The van der Waals surface area contributed by atoms with E-state index in [4.69, 9.17) is 24.2 Å². The molecule has 0 spiro atoms. The number of nitrogens with one attached hydrogen (secondary N) is 4. The Balaban J connectivity index is 1.04. The lowest BCUT2D eigenvalue weighted by Gasteiger charge is -2.33. The maximum Gasteiger partial charge on any atom is 0.407 e.